The Morgan fingerprint density at radius 1 is 1.50 bits per heavy atom. The van der Waals surface area contributed by atoms with Crippen molar-refractivity contribution in [3.63, 3.8) is 0 Å². The van der Waals surface area contributed by atoms with E-state index in [1.807, 2.05) is 0 Å². The predicted octanol–water partition coefficient (Wildman–Crippen LogP) is 1.52. The SMILES string of the molecule is CN[C@@H](CC(=O)O)CC(C)C.Cl. The predicted molar refractivity (Wildman–Crippen MR) is 51.8 cm³/mol. The molecule has 0 aliphatic heterocycles. The van der Waals surface area contributed by atoms with E-state index in [0.29, 0.717) is 5.92 Å². The molecule has 0 spiro atoms. The van der Waals surface area contributed by atoms with E-state index in [4.69, 9.17) is 5.11 Å². The molecule has 0 aromatic heterocycles. The first-order chi connectivity index (χ1) is 5.06. The van der Waals surface area contributed by atoms with Crippen LogP contribution in [0.25, 0.3) is 0 Å². The molecule has 0 aromatic rings. The Hall–Kier alpha value is -0.280. The molecule has 0 aliphatic carbocycles. The molecule has 0 bridgehead atoms. The Morgan fingerprint density at radius 2 is 2.00 bits per heavy atom. The molecule has 0 aliphatic rings. The average Bonchev–Trinajstić information content (AvgIpc) is 1.84. The summed E-state index contributed by atoms with van der Waals surface area (Å²) < 4.78 is 0. The van der Waals surface area contributed by atoms with Gasteiger partial charge in [-0.2, -0.15) is 0 Å². The highest BCUT2D eigenvalue weighted by Crippen LogP contribution is 2.06. The zero-order chi connectivity index (χ0) is 8.85. The van der Waals surface area contributed by atoms with Crippen LogP contribution in [0.1, 0.15) is 26.7 Å². The van der Waals surface area contributed by atoms with Gasteiger partial charge in [0.2, 0.25) is 0 Å². The Kier molecular flexibility index (Phi) is 8.76. The summed E-state index contributed by atoms with van der Waals surface area (Å²) in [5.74, 6) is -0.184. The lowest BCUT2D eigenvalue weighted by atomic mass is 10.0. The molecule has 0 aromatic carbocycles. The van der Waals surface area contributed by atoms with Crippen LogP contribution in [-0.2, 0) is 4.79 Å². The number of hydrogen-bond acceptors (Lipinski definition) is 2. The summed E-state index contributed by atoms with van der Waals surface area (Å²) in [4.78, 5) is 10.3. The highest BCUT2D eigenvalue weighted by atomic mass is 35.5. The average molecular weight is 196 g/mol. The Labute approximate surface area is 80.0 Å². The quantitative estimate of drug-likeness (QED) is 0.700. The van der Waals surface area contributed by atoms with Crippen LogP contribution in [0, 0.1) is 5.92 Å². The summed E-state index contributed by atoms with van der Waals surface area (Å²) in [6, 6.07) is 0.118. The number of nitrogens with one attached hydrogen (secondary N) is 1. The zero-order valence-electron chi connectivity index (χ0n) is 7.83. The second kappa shape index (κ2) is 7.37. The van der Waals surface area contributed by atoms with Crippen molar-refractivity contribution >= 4 is 18.4 Å². The van der Waals surface area contributed by atoms with Gasteiger partial charge in [0.15, 0.2) is 0 Å². The van der Waals surface area contributed by atoms with Crippen LogP contribution in [0.3, 0.4) is 0 Å². The van der Waals surface area contributed by atoms with Crippen molar-refractivity contribution in [1.29, 1.82) is 0 Å². The van der Waals surface area contributed by atoms with Crippen LogP contribution in [-0.4, -0.2) is 24.2 Å². The molecule has 0 saturated heterocycles. The number of carbonyl (C=O) groups is 1. The minimum atomic E-state index is -0.731. The van der Waals surface area contributed by atoms with Crippen LogP contribution in [0.2, 0.25) is 0 Å². The van der Waals surface area contributed by atoms with Crippen molar-refractivity contribution in [2.75, 3.05) is 7.05 Å². The molecule has 0 rings (SSSR count). The third-order valence-electron chi connectivity index (χ3n) is 1.59. The van der Waals surface area contributed by atoms with Gasteiger partial charge in [-0.25, -0.2) is 0 Å². The normalized spacial score (nSPS) is 12.3. The third kappa shape index (κ3) is 7.82. The van der Waals surface area contributed by atoms with Gasteiger partial charge < -0.3 is 10.4 Å². The highest BCUT2D eigenvalue weighted by molar-refractivity contribution is 5.85. The minimum Gasteiger partial charge on any atom is -0.481 e. The van der Waals surface area contributed by atoms with Crippen LogP contribution in [0.15, 0.2) is 0 Å². The molecule has 0 fully saturated rings. The first-order valence-electron chi connectivity index (χ1n) is 3.95. The fourth-order valence-electron chi connectivity index (χ4n) is 1.08. The van der Waals surface area contributed by atoms with Crippen molar-refractivity contribution in [2.45, 2.75) is 32.7 Å². The third-order valence-corrected chi connectivity index (χ3v) is 1.59. The lowest BCUT2D eigenvalue weighted by Gasteiger charge is -2.15. The fraction of sp³-hybridized carbons (Fsp3) is 0.875. The molecule has 0 heterocycles. The topological polar surface area (TPSA) is 49.3 Å². The van der Waals surface area contributed by atoms with E-state index in [1.54, 1.807) is 7.05 Å². The molecule has 0 amide bonds. The highest BCUT2D eigenvalue weighted by Gasteiger charge is 2.11. The summed E-state index contributed by atoms with van der Waals surface area (Å²) in [5, 5.41) is 11.5. The molecule has 12 heavy (non-hydrogen) atoms. The van der Waals surface area contributed by atoms with Crippen molar-refractivity contribution in [1.82, 2.24) is 5.32 Å². The van der Waals surface area contributed by atoms with Gasteiger partial charge in [-0.3, -0.25) is 4.79 Å². The molecule has 0 unspecified atom stereocenters. The van der Waals surface area contributed by atoms with Gasteiger partial charge in [0.1, 0.15) is 0 Å². The van der Waals surface area contributed by atoms with E-state index in [9.17, 15) is 4.79 Å². The van der Waals surface area contributed by atoms with E-state index in [-0.39, 0.29) is 24.9 Å². The Morgan fingerprint density at radius 3 is 2.25 bits per heavy atom. The minimum absolute atomic E-state index is 0. The smallest absolute Gasteiger partial charge is 0.304 e. The fourth-order valence-corrected chi connectivity index (χ4v) is 1.08. The molecular weight excluding hydrogens is 178 g/mol. The Bertz CT molecular complexity index is 128. The molecule has 0 radical (unpaired) electrons. The van der Waals surface area contributed by atoms with Gasteiger partial charge in [0, 0.05) is 6.04 Å². The van der Waals surface area contributed by atoms with Gasteiger partial charge in [-0.05, 0) is 19.4 Å². The summed E-state index contributed by atoms with van der Waals surface area (Å²) in [6.07, 6.45) is 1.14. The molecule has 0 saturated carbocycles. The summed E-state index contributed by atoms with van der Waals surface area (Å²) in [5.41, 5.74) is 0. The molecule has 4 heteroatoms. The van der Waals surface area contributed by atoms with Gasteiger partial charge >= 0.3 is 5.97 Å². The number of carboxylic acid groups (broad SMARTS) is 1. The number of carboxylic acids is 1. The van der Waals surface area contributed by atoms with Crippen molar-refractivity contribution in [3.8, 4) is 0 Å². The van der Waals surface area contributed by atoms with Crippen LogP contribution >= 0.6 is 12.4 Å². The van der Waals surface area contributed by atoms with Crippen molar-refractivity contribution < 1.29 is 9.90 Å². The summed E-state index contributed by atoms with van der Waals surface area (Å²) >= 11 is 0. The molecular formula is C8H18ClNO2. The van der Waals surface area contributed by atoms with Crippen molar-refractivity contribution in [2.24, 2.45) is 5.92 Å². The summed E-state index contributed by atoms with van der Waals surface area (Å²) in [6.45, 7) is 4.18. The van der Waals surface area contributed by atoms with Gasteiger partial charge in [0.25, 0.3) is 0 Å². The van der Waals surface area contributed by atoms with E-state index in [2.05, 4.69) is 19.2 Å². The Balaban J connectivity index is 0. The van der Waals surface area contributed by atoms with E-state index in [0.717, 1.165) is 6.42 Å². The lowest BCUT2D eigenvalue weighted by Crippen LogP contribution is -2.29. The van der Waals surface area contributed by atoms with E-state index < -0.39 is 5.97 Å². The number of hydrogen-bond donors (Lipinski definition) is 2. The maximum absolute atomic E-state index is 10.3. The van der Waals surface area contributed by atoms with E-state index in [1.165, 1.54) is 0 Å². The molecule has 74 valence electrons. The largest absolute Gasteiger partial charge is 0.481 e. The second-order valence-electron chi connectivity index (χ2n) is 3.21. The zero-order valence-corrected chi connectivity index (χ0v) is 8.65. The number of rotatable bonds is 5. The van der Waals surface area contributed by atoms with Crippen LogP contribution < -0.4 is 5.32 Å². The standard InChI is InChI=1S/C8H17NO2.ClH/c1-6(2)4-7(9-3)5-8(10)11;/h6-7,9H,4-5H2,1-3H3,(H,10,11);1H/t7-;/m1./s1. The molecule has 3 nitrogen and oxygen atoms in total. The van der Waals surface area contributed by atoms with Crippen LogP contribution in [0.5, 0.6) is 0 Å². The first-order valence-corrected chi connectivity index (χ1v) is 3.95. The first kappa shape index (κ1) is 14.3. The molecule has 1 atom stereocenters. The van der Waals surface area contributed by atoms with Gasteiger partial charge in [0.05, 0.1) is 6.42 Å². The number of aliphatic carboxylic acids is 1. The van der Waals surface area contributed by atoms with Crippen LogP contribution in [0.4, 0.5) is 0 Å². The second-order valence-corrected chi connectivity index (χ2v) is 3.21. The number of halogens is 1. The lowest BCUT2D eigenvalue weighted by molar-refractivity contribution is -0.137. The van der Waals surface area contributed by atoms with E-state index >= 15 is 0 Å². The monoisotopic (exact) mass is 195 g/mol. The maximum atomic E-state index is 10.3. The van der Waals surface area contributed by atoms with Crippen molar-refractivity contribution in [3.05, 3.63) is 0 Å². The summed E-state index contributed by atoms with van der Waals surface area (Å²) in [7, 11) is 1.80. The van der Waals surface area contributed by atoms with Gasteiger partial charge in [-0.15, -0.1) is 12.4 Å². The van der Waals surface area contributed by atoms with Gasteiger partial charge in [-0.1, -0.05) is 13.8 Å². The maximum Gasteiger partial charge on any atom is 0.304 e. The molecule has 2 N–H and O–H groups in total.